The smallest absolute Gasteiger partial charge is 0.265 e. The topological polar surface area (TPSA) is 95.8 Å². The quantitative estimate of drug-likeness (QED) is 0.558. The molecule has 8 heteroatoms. The van der Waals surface area contributed by atoms with Gasteiger partial charge in [0.25, 0.3) is 0 Å². The molecule has 0 N–H and O–H groups in total. The van der Waals surface area contributed by atoms with E-state index in [-0.39, 0.29) is 11.4 Å². The summed E-state index contributed by atoms with van der Waals surface area (Å²) in [5.74, 6) is -0.620. The Hall–Kier alpha value is -2.51. The van der Waals surface area contributed by atoms with E-state index in [0.29, 0.717) is 5.69 Å². The zero-order chi connectivity index (χ0) is 12.6. The molecule has 0 radical (unpaired) electrons. The minimum atomic E-state index is -0.620. The van der Waals surface area contributed by atoms with E-state index < -0.39 is 10.8 Å². The molecule has 8 nitrogen and oxygen atoms in total. The Morgan fingerprint density at radius 1 is 1.53 bits per heavy atom. The first kappa shape index (κ1) is 11.0. The lowest BCUT2D eigenvalue weighted by Gasteiger charge is -1.95. The van der Waals surface area contributed by atoms with Gasteiger partial charge in [-0.3, -0.25) is 19.6 Å². The monoisotopic (exact) mass is 235 g/mol. The van der Waals surface area contributed by atoms with Gasteiger partial charge >= 0.3 is 11.6 Å². The van der Waals surface area contributed by atoms with Crippen molar-refractivity contribution in [3.63, 3.8) is 0 Å². The van der Waals surface area contributed by atoms with Crippen molar-refractivity contribution < 1.29 is 9.72 Å². The molecule has 2 aromatic heterocycles. The maximum atomic E-state index is 11.9. The van der Waals surface area contributed by atoms with Crippen molar-refractivity contribution in [1.29, 1.82) is 0 Å². The predicted molar refractivity (Wildman–Crippen MR) is 56.6 cm³/mol. The minimum absolute atomic E-state index is 0.210. The Labute approximate surface area is 95.6 Å². The SMILES string of the molecule is Cc1c([N+](=O)[O-])c(C(=O)n2cccn2)nn1C. The second kappa shape index (κ2) is 3.81. The van der Waals surface area contributed by atoms with Crippen LogP contribution in [-0.4, -0.2) is 30.4 Å². The van der Waals surface area contributed by atoms with Gasteiger partial charge in [0.05, 0.1) is 4.92 Å². The molecule has 0 aromatic carbocycles. The van der Waals surface area contributed by atoms with E-state index in [2.05, 4.69) is 10.2 Å². The molecule has 0 aliphatic rings. The van der Waals surface area contributed by atoms with Crippen molar-refractivity contribution in [1.82, 2.24) is 19.6 Å². The molecule has 2 rings (SSSR count). The highest BCUT2D eigenvalue weighted by molar-refractivity contribution is 5.97. The molecule has 17 heavy (non-hydrogen) atoms. The summed E-state index contributed by atoms with van der Waals surface area (Å²) >= 11 is 0. The van der Waals surface area contributed by atoms with E-state index >= 15 is 0 Å². The van der Waals surface area contributed by atoms with Crippen molar-refractivity contribution in [3.8, 4) is 0 Å². The molecule has 0 unspecified atom stereocenters. The first-order chi connectivity index (χ1) is 8.02. The van der Waals surface area contributed by atoms with Crippen LogP contribution < -0.4 is 0 Å². The first-order valence-corrected chi connectivity index (χ1v) is 4.74. The van der Waals surface area contributed by atoms with Crippen LogP contribution in [0.1, 0.15) is 16.2 Å². The van der Waals surface area contributed by atoms with Gasteiger partial charge in [0, 0.05) is 19.4 Å². The predicted octanol–water partition coefficient (Wildman–Crippen LogP) is 0.522. The molecule has 0 saturated heterocycles. The highest BCUT2D eigenvalue weighted by Crippen LogP contribution is 2.22. The minimum Gasteiger partial charge on any atom is -0.265 e. The molecule has 88 valence electrons. The highest BCUT2D eigenvalue weighted by Gasteiger charge is 2.29. The fourth-order valence-corrected chi connectivity index (χ4v) is 1.46. The maximum Gasteiger partial charge on any atom is 0.322 e. The summed E-state index contributed by atoms with van der Waals surface area (Å²) in [7, 11) is 1.54. The fourth-order valence-electron chi connectivity index (χ4n) is 1.46. The van der Waals surface area contributed by atoms with E-state index in [0.717, 1.165) is 4.68 Å². The third-order valence-corrected chi connectivity index (χ3v) is 2.40. The molecule has 0 atom stereocenters. The Morgan fingerprint density at radius 2 is 2.24 bits per heavy atom. The number of carbonyl (C=O) groups is 1. The van der Waals surface area contributed by atoms with Gasteiger partial charge in [-0.1, -0.05) is 0 Å². The van der Waals surface area contributed by atoms with Crippen LogP contribution in [0.15, 0.2) is 18.5 Å². The molecular formula is C9H9N5O3. The summed E-state index contributed by atoms with van der Waals surface area (Å²) < 4.78 is 2.31. The molecule has 0 amide bonds. The number of carbonyl (C=O) groups excluding carboxylic acids is 1. The summed E-state index contributed by atoms with van der Waals surface area (Å²) in [4.78, 5) is 22.2. The van der Waals surface area contributed by atoms with Crippen LogP contribution in [-0.2, 0) is 7.05 Å². The van der Waals surface area contributed by atoms with E-state index in [4.69, 9.17) is 0 Å². The zero-order valence-electron chi connectivity index (χ0n) is 9.19. The van der Waals surface area contributed by atoms with Crippen molar-refractivity contribution >= 4 is 11.6 Å². The lowest BCUT2D eigenvalue weighted by molar-refractivity contribution is -0.385. The van der Waals surface area contributed by atoms with Gasteiger partial charge in [-0.2, -0.15) is 10.2 Å². The Balaban J connectivity index is 2.56. The zero-order valence-corrected chi connectivity index (χ0v) is 9.19. The summed E-state index contributed by atoms with van der Waals surface area (Å²) in [6.07, 6.45) is 2.83. The molecule has 2 heterocycles. The van der Waals surface area contributed by atoms with Gasteiger partial charge in [-0.15, -0.1) is 0 Å². The fraction of sp³-hybridized carbons (Fsp3) is 0.222. The second-order valence-corrected chi connectivity index (χ2v) is 3.42. The van der Waals surface area contributed by atoms with E-state index in [1.54, 1.807) is 13.1 Å². The number of aryl methyl sites for hydroxylation is 1. The molecule has 0 bridgehead atoms. The maximum absolute atomic E-state index is 11.9. The van der Waals surface area contributed by atoms with Crippen LogP contribution in [0.2, 0.25) is 0 Å². The van der Waals surface area contributed by atoms with E-state index in [1.807, 2.05) is 0 Å². The molecule has 0 saturated carbocycles. The van der Waals surface area contributed by atoms with Crippen molar-refractivity contribution in [2.24, 2.45) is 7.05 Å². The van der Waals surface area contributed by atoms with Gasteiger partial charge in [0.2, 0.25) is 5.69 Å². The highest BCUT2D eigenvalue weighted by atomic mass is 16.6. The van der Waals surface area contributed by atoms with Gasteiger partial charge < -0.3 is 0 Å². The van der Waals surface area contributed by atoms with Crippen LogP contribution in [0, 0.1) is 17.0 Å². The average molecular weight is 235 g/mol. The number of nitrogens with zero attached hydrogens (tertiary/aromatic N) is 5. The van der Waals surface area contributed by atoms with Crippen molar-refractivity contribution in [3.05, 3.63) is 40.0 Å². The Bertz CT molecular complexity index is 584. The first-order valence-electron chi connectivity index (χ1n) is 4.74. The molecule has 0 fully saturated rings. The molecule has 0 aliphatic carbocycles. The van der Waals surface area contributed by atoms with E-state index in [1.165, 1.54) is 24.0 Å². The Kier molecular flexibility index (Phi) is 2.47. The van der Waals surface area contributed by atoms with Crippen molar-refractivity contribution in [2.45, 2.75) is 6.92 Å². The molecule has 0 spiro atoms. The van der Waals surface area contributed by atoms with E-state index in [9.17, 15) is 14.9 Å². The number of nitro groups is 1. The van der Waals surface area contributed by atoms with Crippen LogP contribution >= 0.6 is 0 Å². The number of hydrogen-bond donors (Lipinski definition) is 0. The molecular weight excluding hydrogens is 226 g/mol. The normalized spacial score (nSPS) is 10.5. The standard InChI is InChI=1S/C9H9N5O3/c1-6-8(14(16)17)7(11-12(6)2)9(15)13-5-3-4-10-13/h3-5H,1-2H3. The van der Waals surface area contributed by atoms with Gasteiger partial charge in [-0.25, -0.2) is 4.68 Å². The van der Waals surface area contributed by atoms with Gasteiger partial charge in [0.15, 0.2) is 0 Å². The Morgan fingerprint density at radius 3 is 2.76 bits per heavy atom. The van der Waals surface area contributed by atoms with Gasteiger partial charge in [-0.05, 0) is 13.0 Å². The number of hydrogen-bond acceptors (Lipinski definition) is 5. The van der Waals surface area contributed by atoms with Gasteiger partial charge in [0.1, 0.15) is 5.69 Å². The van der Waals surface area contributed by atoms with Crippen molar-refractivity contribution in [2.75, 3.05) is 0 Å². The average Bonchev–Trinajstić information content (AvgIpc) is 2.87. The molecule has 2 aromatic rings. The summed E-state index contributed by atoms with van der Waals surface area (Å²) in [6.45, 7) is 1.53. The third-order valence-electron chi connectivity index (χ3n) is 2.40. The summed E-state index contributed by atoms with van der Waals surface area (Å²) in [5, 5.41) is 18.5. The number of aromatic nitrogens is 4. The second-order valence-electron chi connectivity index (χ2n) is 3.42. The lowest BCUT2D eigenvalue weighted by atomic mass is 10.3. The molecule has 0 aliphatic heterocycles. The summed E-state index contributed by atoms with van der Waals surface area (Å²) in [6, 6.07) is 1.56. The van der Waals surface area contributed by atoms with Crippen LogP contribution in [0.4, 0.5) is 5.69 Å². The van der Waals surface area contributed by atoms with Crippen LogP contribution in [0.3, 0.4) is 0 Å². The largest absolute Gasteiger partial charge is 0.322 e. The number of rotatable bonds is 2. The van der Waals surface area contributed by atoms with Crippen LogP contribution in [0.25, 0.3) is 0 Å². The van der Waals surface area contributed by atoms with Crippen LogP contribution in [0.5, 0.6) is 0 Å². The summed E-state index contributed by atoms with van der Waals surface area (Å²) in [5.41, 5.74) is -0.169. The lowest BCUT2D eigenvalue weighted by Crippen LogP contribution is -2.14. The third kappa shape index (κ3) is 1.69.